The van der Waals surface area contributed by atoms with Crippen molar-refractivity contribution in [3.05, 3.63) is 48.3 Å². The van der Waals surface area contributed by atoms with Gasteiger partial charge in [-0.1, -0.05) is 0 Å². The molecule has 0 bridgehead atoms. The summed E-state index contributed by atoms with van der Waals surface area (Å²) >= 11 is 0. The molecule has 4 heterocycles. The van der Waals surface area contributed by atoms with Gasteiger partial charge in [-0.15, -0.1) is 0 Å². The molecule has 3 aliphatic heterocycles. The van der Waals surface area contributed by atoms with Gasteiger partial charge in [0.15, 0.2) is 11.6 Å². The molecule has 182 valence electrons. The van der Waals surface area contributed by atoms with Crippen LogP contribution in [0.2, 0.25) is 0 Å². The van der Waals surface area contributed by atoms with E-state index in [2.05, 4.69) is 10.2 Å². The molecule has 7 nitrogen and oxygen atoms in total. The molecule has 6 rings (SSSR count). The lowest BCUT2D eigenvalue weighted by Gasteiger charge is -2.30. The monoisotopic (exact) mass is 476 g/mol. The van der Waals surface area contributed by atoms with Crippen LogP contribution in [-0.4, -0.2) is 68.8 Å². The maximum Gasteiger partial charge on any atom is 0.227 e. The van der Waals surface area contributed by atoms with Crippen molar-refractivity contribution >= 4 is 22.5 Å². The van der Waals surface area contributed by atoms with Crippen LogP contribution in [0.3, 0.4) is 0 Å². The zero-order valence-electron chi connectivity index (χ0n) is 20.0. The smallest absolute Gasteiger partial charge is 0.227 e. The van der Waals surface area contributed by atoms with Crippen LogP contribution in [-0.2, 0) is 4.79 Å². The molecule has 2 aromatic carbocycles. The molecule has 3 aromatic rings. The Bertz CT molecular complexity index is 1280. The molecule has 0 spiro atoms. The lowest BCUT2D eigenvalue weighted by Crippen LogP contribution is -2.50. The van der Waals surface area contributed by atoms with Crippen LogP contribution in [0.25, 0.3) is 22.2 Å². The largest absolute Gasteiger partial charge is 0.494 e. The van der Waals surface area contributed by atoms with Gasteiger partial charge in [-0.2, -0.15) is 0 Å². The third-order valence-corrected chi connectivity index (χ3v) is 7.57. The highest BCUT2D eigenvalue weighted by molar-refractivity contribution is 5.96. The summed E-state index contributed by atoms with van der Waals surface area (Å²) in [5, 5.41) is 3.93. The van der Waals surface area contributed by atoms with Crippen LogP contribution < -0.4 is 19.7 Å². The summed E-state index contributed by atoms with van der Waals surface area (Å²) in [6.07, 6.45) is 1.20. The molecular weight excluding hydrogens is 447 g/mol. The fourth-order valence-electron chi connectivity index (χ4n) is 5.41. The minimum Gasteiger partial charge on any atom is -0.494 e. The molecule has 0 saturated carbocycles. The standard InChI is InChI=1S/C27H29FN4O3/c1-31-8-7-17-14-32(15-21(17)27(31)33)25-10-23(30-24-11-26(34-2)22(28)9-20(24)25)16-3-5-18(6-4-16)35-19-12-29-13-19/h3-6,9-11,17,19,21,29H,7-8,12-15H2,1-2H3/t17-,21+/m0/s1. The van der Waals surface area contributed by atoms with Crippen molar-refractivity contribution in [1.82, 2.24) is 15.2 Å². The van der Waals surface area contributed by atoms with E-state index in [1.165, 1.54) is 13.2 Å². The Labute approximate surface area is 203 Å². The van der Waals surface area contributed by atoms with E-state index in [0.717, 1.165) is 60.7 Å². The zero-order valence-corrected chi connectivity index (χ0v) is 20.0. The summed E-state index contributed by atoms with van der Waals surface area (Å²) in [4.78, 5) is 21.7. The number of ether oxygens (including phenoxy) is 2. The third kappa shape index (κ3) is 3.95. The Balaban J connectivity index is 1.39. The average molecular weight is 477 g/mol. The van der Waals surface area contributed by atoms with E-state index in [1.807, 2.05) is 42.3 Å². The van der Waals surface area contributed by atoms with E-state index in [4.69, 9.17) is 14.5 Å². The van der Waals surface area contributed by atoms with Gasteiger partial charge in [0.1, 0.15) is 11.9 Å². The van der Waals surface area contributed by atoms with Crippen molar-refractivity contribution in [1.29, 1.82) is 0 Å². The summed E-state index contributed by atoms with van der Waals surface area (Å²) in [5.74, 6) is 1.06. The van der Waals surface area contributed by atoms with Gasteiger partial charge in [0.25, 0.3) is 0 Å². The molecule has 35 heavy (non-hydrogen) atoms. The number of carbonyl (C=O) groups is 1. The number of pyridine rings is 1. The van der Waals surface area contributed by atoms with E-state index in [-0.39, 0.29) is 23.7 Å². The summed E-state index contributed by atoms with van der Waals surface area (Å²) < 4.78 is 25.9. The number of amides is 1. The molecule has 3 saturated heterocycles. The van der Waals surface area contributed by atoms with Crippen LogP contribution in [0, 0.1) is 17.7 Å². The van der Waals surface area contributed by atoms with Gasteiger partial charge in [0, 0.05) is 62.5 Å². The lowest BCUT2D eigenvalue weighted by molar-refractivity contribution is -0.137. The Kier molecular flexibility index (Phi) is 5.48. The molecule has 1 N–H and O–H groups in total. The molecule has 0 aliphatic carbocycles. The zero-order chi connectivity index (χ0) is 24.1. The van der Waals surface area contributed by atoms with Crippen LogP contribution in [0.15, 0.2) is 42.5 Å². The Hall–Kier alpha value is -3.39. The predicted octanol–water partition coefficient (Wildman–Crippen LogP) is 3.31. The van der Waals surface area contributed by atoms with Crippen molar-refractivity contribution in [2.75, 3.05) is 51.8 Å². The van der Waals surface area contributed by atoms with Crippen molar-refractivity contribution in [2.24, 2.45) is 11.8 Å². The number of methoxy groups -OCH3 is 1. The molecular formula is C27H29FN4O3. The van der Waals surface area contributed by atoms with Gasteiger partial charge in [-0.05, 0) is 48.7 Å². The van der Waals surface area contributed by atoms with Gasteiger partial charge >= 0.3 is 0 Å². The predicted molar refractivity (Wildman–Crippen MR) is 132 cm³/mol. The number of anilines is 1. The fraction of sp³-hybridized carbons (Fsp3) is 0.407. The first kappa shape index (κ1) is 22.1. The Morgan fingerprint density at radius 2 is 1.91 bits per heavy atom. The summed E-state index contributed by atoms with van der Waals surface area (Å²) in [5.41, 5.74) is 3.30. The molecule has 3 aliphatic rings. The topological polar surface area (TPSA) is 66.9 Å². The van der Waals surface area contributed by atoms with Gasteiger partial charge < -0.3 is 24.6 Å². The first-order valence-corrected chi connectivity index (χ1v) is 12.2. The number of nitrogens with one attached hydrogen (secondary N) is 1. The second-order valence-corrected chi connectivity index (χ2v) is 9.77. The van der Waals surface area contributed by atoms with Crippen molar-refractivity contribution in [3.63, 3.8) is 0 Å². The average Bonchev–Trinajstić information content (AvgIpc) is 3.28. The normalized spacial score (nSPS) is 22.3. The van der Waals surface area contributed by atoms with E-state index in [9.17, 15) is 9.18 Å². The molecule has 8 heteroatoms. The number of hydrogen-bond donors (Lipinski definition) is 1. The summed E-state index contributed by atoms with van der Waals surface area (Å²) in [7, 11) is 3.33. The highest BCUT2D eigenvalue weighted by Crippen LogP contribution is 2.40. The molecule has 0 radical (unpaired) electrons. The number of likely N-dealkylation sites (tertiary alicyclic amines) is 1. The summed E-state index contributed by atoms with van der Waals surface area (Å²) in [6.45, 7) is 3.92. The lowest BCUT2D eigenvalue weighted by atomic mass is 9.88. The number of halogens is 1. The first-order chi connectivity index (χ1) is 17.0. The van der Waals surface area contributed by atoms with Crippen molar-refractivity contribution < 1.29 is 18.7 Å². The van der Waals surface area contributed by atoms with Crippen LogP contribution >= 0.6 is 0 Å². The number of hydrogen-bond acceptors (Lipinski definition) is 6. The quantitative estimate of drug-likeness (QED) is 0.610. The van der Waals surface area contributed by atoms with Crippen molar-refractivity contribution in [3.8, 4) is 22.8 Å². The molecule has 2 atom stereocenters. The van der Waals surface area contributed by atoms with E-state index < -0.39 is 5.82 Å². The van der Waals surface area contributed by atoms with E-state index in [1.54, 1.807) is 6.07 Å². The van der Waals surface area contributed by atoms with Gasteiger partial charge in [0.05, 0.1) is 24.2 Å². The molecule has 1 amide bonds. The fourth-order valence-corrected chi connectivity index (χ4v) is 5.41. The van der Waals surface area contributed by atoms with Gasteiger partial charge in [0.2, 0.25) is 5.91 Å². The number of carbonyl (C=O) groups excluding carboxylic acids is 1. The minimum atomic E-state index is -0.421. The highest BCUT2D eigenvalue weighted by atomic mass is 19.1. The molecule has 3 fully saturated rings. The van der Waals surface area contributed by atoms with E-state index in [0.29, 0.717) is 18.0 Å². The second-order valence-electron chi connectivity index (χ2n) is 9.77. The maximum atomic E-state index is 14.8. The summed E-state index contributed by atoms with van der Waals surface area (Å²) in [6, 6.07) is 13.1. The molecule has 0 unspecified atom stereocenters. The SMILES string of the molecule is COc1cc2nc(-c3ccc(OC4CNC4)cc3)cc(N3C[C@@H]4CCN(C)C(=O)[C@@H]4C3)c2cc1F. The van der Waals surface area contributed by atoms with Gasteiger partial charge in [-0.25, -0.2) is 9.37 Å². The van der Waals surface area contributed by atoms with E-state index >= 15 is 0 Å². The molecule has 1 aromatic heterocycles. The third-order valence-electron chi connectivity index (χ3n) is 7.57. The van der Waals surface area contributed by atoms with Crippen LogP contribution in [0.4, 0.5) is 10.1 Å². The minimum absolute atomic E-state index is 0.0269. The number of nitrogens with zero attached hydrogens (tertiary/aromatic N) is 3. The number of piperidine rings is 1. The van der Waals surface area contributed by atoms with Gasteiger partial charge in [-0.3, -0.25) is 4.79 Å². The number of fused-ring (bicyclic) bond motifs is 2. The van der Waals surface area contributed by atoms with Crippen molar-refractivity contribution in [2.45, 2.75) is 12.5 Å². The Morgan fingerprint density at radius 3 is 2.63 bits per heavy atom. The second kappa shape index (κ2) is 8.68. The number of aromatic nitrogens is 1. The maximum absolute atomic E-state index is 14.8. The Morgan fingerprint density at radius 1 is 1.11 bits per heavy atom. The first-order valence-electron chi connectivity index (χ1n) is 12.2. The highest BCUT2D eigenvalue weighted by Gasteiger charge is 2.42. The number of benzene rings is 2. The number of rotatable bonds is 5. The van der Waals surface area contributed by atoms with Crippen LogP contribution in [0.1, 0.15) is 6.42 Å². The van der Waals surface area contributed by atoms with Crippen LogP contribution in [0.5, 0.6) is 11.5 Å².